The van der Waals surface area contributed by atoms with Crippen LogP contribution in [0.15, 0.2) is 85.2 Å². The topological polar surface area (TPSA) is 39.6 Å². The molecule has 0 atom stereocenters. The Hall–Kier alpha value is -2.53. The van der Waals surface area contributed by atoms with Gasteiger partial charge in [0.1, 0.15) is 0 Å². The summed E-state index contributed by atoms with van der Waals surface area (Å²) in [5.41, 5.74) is 1.95. The summed E-state index contributed by atoms with van der Waals surface area (Å²) < 4.78 is 0. The van der Waals surface area contributed by atoms with Crippen molar-refractivity contribution < 1.29 is 5.11 Å². The highest BCUT2D eigenvalue weighted by atomic mass is 16.3. The number of aliphatic hydroxyl groups is 1. The fourth-order valence-electron chi connectivity index (χ4n) is 3.85. The molecule has 1 aliphatic heterocycles. The van der Waals surface area contributed by atoms with E-state index >= 15 is 0 Å². The molecule has 0 bridgehead atoms. The van der Waals surface area contributed by atoms with Gasteiger partial charge in [-0.3, -0.25) is 14.8 Å². The zero-order valence-electron chi connectivity index (χ0n) is 15.4. The fraction of sp³-hybridized carbons (Fsp3) is 0.261. The van der Waals surface area contributed by atoms with Crippen molar-refractivity contribution in [3.63, 3.8) is 0 Å². The first-order valence-electron chi connectivity index (χ1n) is 9.46. The smallest absolute Gasteiger partial charge is 0.171 e. The molecule has 0 saturated carbocycles. The molecule has 4 rings (SSSR count). The Bertz CT molecular complexity index is 792. The maximum atomic E-state index is 11.9. The van der Waals surface area contributed by atoms with E-state index in [4.69, 9.17) is 0 Å². The van der Waals surface area contributed by atoms with Gasteiger partial charge in [0.25, 0.3) is 0 Å². The number of hydrogen-bond acceptors (Lipinski definition) is 4. The molecule has 3 aromatic rings. The van der Waals surface area contributed by atoms with Gasteiger partial charge in [0.05, 0.1) is 0 Å². The van der Waals surface area contributed by atoms with Crippen molar-refractivity contribution in [2.75, 3.05) is 26.2 Å². The van der Waals surface area contributed by atoms with Gasteiger partial charge < -0.3 is 5.11 Å². The highest BCUT2D eigenvalue weighted by Crippen LogP contribution is 2.34. The summed E-state index contributed by atoms with van der Waals surface area (Å²) in [6.45, 7) is 4.34. The number of piperazine rings is 1. The van der Waals surface area contributed by atoms with Crippen LogP contribution < -0.4 is 0 Å². The van der Waals surface area contributed by atoms with Gasteiger partial charge in [-0.25, -0.2) is 0 Å². The molecule has 4 heteroatoms. The second-order valence-electron chi connectivity index (χ2n) is 7.03. The minimum absolute atomic E-state index is 0.806. The predicted octanol–water partition coefficient (Wildman–Crippen LogP) is 3.09. The molecule has 1 aromatic heterocycles. The summed E-state index contributed by atoms with van der Waals surface area (Å²) in [5, 5.41) is 11.9. The minimum atomic E-state index is -1.11. The highest BCUT2D eigenvalue weighted by Gasteiger charge is 2.39. The van der Waals surface area contributed by atoms with Gasteiger partial charge in [-0.1, -0.05) is 66.7 Å². The molecule has 0 unspecified atom stereocenters. The van der Waals surface area contributed by atoms with Crippen LogP contribution in [0.5, 0.6) is 0 Å². The van der Waals surface area contributed by atoms with Gasteiger partial charge in [0, 0.05) is 56.2 Å². The Morgan fingerprint density at radius 1 is 0.778 bits per heavy atom. The molecule has 0 spiro atoms. The van der Waals surface area contributed by atoms with Crippen molar-refractivity contribution in [1.29, 1.82) is 0 Å². The third kappa shape index (κ3) is 3.78. The van der Waals surface area contributed by atoms with Gasteiger partial charge in [-0.2, -0.15) is 0 Å². The maximum absolute atomic E-state index is 11.9. The van der Waals surface area contributed by atoms with E-state index in [0.29, 0.717) is 0 Å². The van der Waals surface area contributed by atoms with Crippen LogP contribution in [0.4, 0.5) is 0 Å². The number of benzene rings is 2. The van der Waals surface area contributed by atoms with Gasteiger partial charge >= 0.3 is 0 Å². The van der Waals surface area contributed by atoms with E-state index in [1.54, 1.807) is 6.20 Å². The summed E-state index contributed by atoms with van der Waals surface area (Å²) in [4.78, 5) is 8.82. The number of hydrogen-bond donors (Lipinski definition) is 1. The lowest BCUT2D eigenvalue weighted by atomic mass is 9.92. The van der Waals surface area contributed by atoms with Gasteiger partial charge in [0.15, 0.2) is 5.72 Å². The maximum Gasteiger partial charge on any atom is 0.171 e. The second-order valence-corrected chi connectivity index (χ2v) is 7.03. The second kappa shape index (κ2) is 8.01. The Labute approximate surface area is 160 Å². The summed E-state index contributed by atoms with van der Waals surface area (Å²) >= 11 is 0. The van der Waals surface area contributed by atoms with E-state index in [1.807, 2.05) is 72.9 Å². The van der Waals surface area contributed by atoms with Crippen molar-refractivity contribution in [3.8, 4) is 0 Å². The van der Waals surface area contributed by atoms with E-state index in [0.717, 1.165) is 43.9 Å². The molecule has 1 aliphatic rings. The van der Waals surface area contributed by atoms with Crippen LogP contribution in [0.3, 0.4) is 0 Å². The van der Waals surface area contributed by atoms with Gasteiger partial charge in [-0.15, -0.1) is 0 Å². The molecule has 1 saturated heterocycles. The van der Waals surface area contributed by atoms with E-state index in [-0.39, 0.29) is 0 Å². The average Bonchev–Trinajstić information content (AvgIpc) is 2.76. The molecule has 2 heterocycles. The molecule has 138 valence electrons. The van der Waals surface area contributed by atoms with Crippen LogP contribution in [0.1, 0.15) is 16.7 Å². The lowest BCUT2D eigenvalue weighted by molar-refractivity contribution is -0.100. The lowest BCUT2D eigenvalue weighted by Gasteiger charge is -2.45. The first-order valence-corrected chi connectivity index (χ1v) is 9.46. The van der Waals surface area contributed by atoms with Crippen molar-refractivity contribution in [3.05, 3.63) is 102 Å². The Kier molecular flexibility index (Phi) is 5.30. The standard InChI is InChI=1S/C23H25N3O/c27-23(21-9-3-1-4-10-21,22-11-5-2-6-12-22)26-16-14-25(15-17-26)19-20-8-7-13-24-18-20/h1-13,18,27H,14-17,19H2. The summed E-state index contributed by atoms with van der Waals surface area (Å²) in [5.74, 6) is 0. The summed E-state index contributed by atoms with van der Waals surface area (Å²) in [6, 6.07) is 24.1. The Morgan fingerprint density at radius 3 is 1.89 bits per heavy atom. The predicted molar refractivity (Wildman–Crippen MR) is 107 cm³/mol. The van der Waals surface area contributed by atoms with Crippen LogP contribution >= 0.6 is 0 Å². The van der Waals surface area contributed by atoms with Gasteiger partial charge in [0.2, 0.25) is 0 Å². The highest BCUT2D eigenvalue weighted by molar-refractivity contribution is 5.35. The molecule has 2 aromatic carbocycles. The van der Waals surface area contributed by atoms with Crippen molar-refractivity contribution >= 4 is 0 Å². The molecule has 0 aliphatic carbocycles. The van der Waals surface area contributed by atoms with Crippen LogP contribution in [-0.4, -0.2) is 46.1 Å². The fourth-order valence-corrected chi connectivity index (χ4v) is 3.85. The Balaban J connectivity index is 1.54. The molecule has 1 fully saturated rings. The Morgan fingerprint density at radius 2 is 1.37 bits per heavy atom. The zero-order valence-corrected chi connectivity index (χ0v) is 15.4. The van der Waals surface area contributed by atoms with Crippen molar-refractivity contribution in [2.24, 2.45) is 0 Å². The van der Waals surface area contributed by atoms with Crippen LogP contribution in [0, 0.1) is 0 Å². The third-order valence-electron chi connectivity index (χ3n) is 5.31. The van der Waals surface area contributed by atoms with E-state index in [1.165, 1.54) is 5.56 Å². The number of rotatable bonds is 5. The molecule has 0 amide bonds. The summed E-state index contributed by atoms with van der Waals surface area (Å²) in [6.07, 6.45) is 3.73. The average molecular weight is 359 g/mol. The van der Waals surface area contributed by atoms with E-state index in [9.17, 15) is 5.11 Å². The molecular weight excluding hydrogens is 334 g/mol. The van der Waals surface area contributed by atoms with Crippen molar-refractivity contribution in [1.82, 2.24) is 14.8 Å². The van der Waals surface area contributed by atoms with Gasteiger partial charge in [-0.05, 0) is 11.6 Å². The minimum Gasteiger partial charge on any atom is -0.367 e. The third-order valence-corrected chi connectivity index (χ3v) is 5.31. The molecule has 4 nitrogen and oxygen atoms in total. The van der Waals surface area contributed by atoms with Crippen molar-refractivity contribution in [2.45, 2.75) is 12.3 Å². The molecule has 1 N–H and O–H groups in total. The largest absolute Gasteiger partial charge is 0.367 e. The first-order chi connectivity index (χ1) is 13.3. The normalized spacial score (nSPS) is 16.3. The molecule has 27 heavy (non-hydrogen) atoms. The number of pyridine rings is 1. The van der Waals surface area contributed by atoms with E-state index in [2.05, 4.69) is 20.9 Å². The SMILES string of the molecule is OC(c1ccccc1)(c1ccccc1)N1CCN(Cc2cccnc2)CC1. The number of aromatic nitrogens is 1. The van der Waals surface area contributed by atoms with Crippen LogP contribution in [-0.2, 0) is 12.3 Å². The monoisotopic (exact) mass is 359 g/mol. The zero-order chi connectivity index (χ0) is 18.5. The van der Waals surface area contributed by atoms with Crippen LogP contribution in [0.25, 0.3) is 0 Å². The molecule has 0 radical (unpaired) electrons. The lowest BCUT2D eigenvalue weighted by Crippen LogP contribution is -2.55. The quantitative estimate of drug-likeness (QED) is 0.760. The molecular formula is C23H25N3O. The first kappa shape index (κ1) is 17.9. The summed E-state index contributed by atoms with van der Waals surface area (Å²) in [7, 11) is 0. The van der Waals surface area contributed by atoms with Crippen LogP contribution in [0.2, 0.25) is 0 Å². The van der Waals surface area contributed by atoms with E-state index < -0.39 is 5.72 Å². The number of nitrogens with zero attached hydrogens (tertiary/aromatic N) is 3.